The summed E-state index contributed by atoms with van der Waals surface area (Å²) in [6, 6.07) is 11.8. The van der Waals surface area contributed by atoms with Gasteiger partial charge in [-0.15, -0.1) is 0 Å². The van der Waals surface area contributed by atoms with E-state index in [4.69, 9.17) is 0 Å². The Morgan fingerprint density at radius 1 is 1.12 bits per heavy atom. The predicted octanol–water partition coefficient (Wildman–Crippen LogP) is 5.17. The largest absolute Gasteiger partial charge is 0.401 e. The molecule has 2 aromatic rings. The van der Waals surface area contributed by atoms with E-state index < -0.39 is 29.9 Å². The Kier molecular flexibility index (Phi) is 7.41. The lowest BCUT2D eigenvalue weighted by Crippen LogP contribution is -2.49. The van der Waals surface area contributed by atoms with Crippen LogP contribution in [0.2, 0.25) is 0 Å². The van der Waals surface area contributed by atoms with E-state index >= 15 is 0 Å². The predicted molar refractivity (Wildman–Crippen MR) is 116 cm³/mol. The van der Waals surface area contributed by atoms with E-state index in [0.717, 1.165) is 23.8 Å². The van der Waals surface area contributed by atoms with Gasteiger partial charge < -0.3 is 15.1 Å². The van der Waals surface area contributed by atoms with Crippen molar-refractivity contribution in [1.29, 1.82) is 0 Å². The third-order valence-corrected chi connectivity index (χ3v) is 5.62. The van der Waals surface area contributed by atoms with Crippen LogP contribution in [0, 0.1) is 11.6 Å². The maximum atomic E-state index is 14.6. The van der Waals surface area contributed by atoms with E-state index in [-0.39, 0.29) is 24.7 Å². The molecule has 1 heterocycles. The summed E-state index contributed by atoms with van der Waals surface area (Å²) in [7, 11) is 3.17. The van der Waals surface area contributed by atoms with Gasteiger partial charge in [-0.3, -0.25) is 0 Å². The normalized spacial score (nSPS) is 18.4. The molecule has 1 atom stereocenters. The summed E-state index contributed by atoms with van der Waals surface area (Å²) in [5, 5.41) is 2.38. The smallest absolute Gasteiger partial charge is 0.331 e. The monoisotopic (exact) mass is 467 g/mol. The number of urea groups is 1. The maximum absolute atomic E-state index is 14.6. The number of hydrogen-bond acceptors (Lipinski definition) is 2. The average Bonchev–Trinajstić information content (AvgIpc) is 3.15. The average molecular weight is 467 g/mol. The molecule has 33 heavy (non-hydrogen) atoms. The van der Waals surface area contributed by atoms with E-state index in [9.17, 15) is 26.7 Å². The van der Waals surface area contributed by atoms with Crippen molar-refractivity contribution in [3.8, 4) is 0 Å². The molecule has 9 heteroatoms. The van der Waals surface area contributed by atoms with Crippen molar-refractivity contribution < 1.29 is 26.7 Å². The summed E-state index contributed by atoms with van der Waals surface area (Å²) in [4.78, 5) is 16.1. The molecule has 0 saturated heterocycles. The molecule has 178 valence electrons. The molecule has 0 aromatic heterocycles. The molecule has 0 bridgehead atoms. The number of halogens is 5. The standard InChI is InChI=1S/C24H26F5N3O/c1-31(2)22(33)32-15-17(20-13-19(25)9-10-21(20)26)14-23(32,18-7-4-3-5-8-18)11-6-12-30-16-24(27,28)29/h3-5,7-10,13-14,30H,6,11-12,15-16H2,1-2H3/t23-/m0/s1. The second-order valence-electron chi connectivity index (χ2n) is 8.24. The number of nitrogens with one attached hydrogen (secondary N) is 1. The summed E-state index contributed by atoms with van der Waals surface area (Å²) >= 11 is 0. The van der Waals surface area contributed by atoms with Gasteiger partial charge in [-0.25, -0.2) is 13.6 Å². The van der Waals surface area contributed by atoms with Gasteiger partial charge in [0.15, 0.2) is 0 Å². The second kappa shape index (κ2) is 9.91. The molecule has 1 aliphatic heterocycles. The van der Waals surface area contributed by atoms with Crippen LogP contribution in [0.3, 0.4) is 0 Å². The molecule has 0 radical (unpaired) electrons. The van der Waals surface area contributed by atoms with Gasteiger partial charge >= 0.3 is 12.2 Å². The lowest BCUT2D eigenvalue weighted by atomic mass is 9.84. The van der Waals surface area contributed by atoms with Crippen LogP contribution in [0.25, 0.3) is 5.57 Å². The maximum Gasteiger partial charge on any atom is 0.401 e. The van der Waals surface area contributed by atoms with Gasteiger partial charge in [0, 0.05) is 26.2 Å². The third-order valence-electron chi connectivity index (χ3n) is 5.62. The lowest BCUT2D eigenvalue weighted by Gasteiger charge is -2.40. The summed E-state index contributed by atoms with van der Waals surface area (Å²) in [6.07, 6.45) is -1.97. The first-order chi connectivity index (χ1) is 15.5. The van der Waals surface area contributed by atoms with E-state index in [1.807, 2.05) is 18.2 Å². The fourth-order valence-electron chi connectivity index (χ4n) is 4.14. The fraction of sp³-hybridized carbons (Fsp3) is 0.375. The quantitative estimate of drug-likeness (QED) is 0.450. The highest BCUT2D eigenvalue weighted by Gasteiger charge is 2.45. The van der Waals surface area contributed by atoms with Gasteiger partial charge in [0.05, 0.1) is 12.1 Å². The number of rotatable bonds is 7. The number of carbonyl (C=O) groups excluding carboxylic acids is 1. The second-order valence-corrected chi connectivity index (χ2v) is 8.24. The number of nitrogens with zero attached hydrogens (tertiary/aromatic N) is 2. The van der Waals surface area contributed by atoms with Crippen molar-refractivity contribution in [3.63, 3.8) is 0 Å². The summed E-state index contributed by atoms with van der Waals surface area (Å²) < 4.78 is 66.0. The van der Waals surface area contributed by atoms with Crippen molar-refractivity contribution in [1.82, 2.24) is 15.1 Å². The third kappa shape index (κ3) is 5.71. The highest BCUT2D eigenvalue weighted by Crippen LogP contribution is 2.44. The van der Waals surface area contributed by atoms with Crippen LogP contribution < -0.4 is 5.32 Å². The molecule has 3 rings (SSSR count). The molecule has 2 amide bonds. The number of carbonyl (C=O) groups is 1. The van der Waals surface area contributed by atoms with E-state index in [1.54, 1.807) is 37.2 Å². The molecule has 0 spiro atoms. The van der Waals surface area contributed by atoms with Crippen molar-refractivity contribution >= 4 is 11.6 Å². The summed E-state index contributed by atoms with van der Waals surface area (Å²) in [6.45, 7) is -1.00. The Labute approximate surface area is 189 Å². The van der Waals surface area contributed by atoms with Gasteiger partial charge in [-0.05, 0) is 54.8 Å². The fourth-order valence-corrected chi connectivity index (χ4v) is 4.14. The Morgan fingerprint density at radius 3 is 2.45 bits per heavy atom. The van der Waals surface area contributed by atoms with Crippen molar-refractivity contribution in [2.24, 2.45) is 0 Å². The van der Waals surface area contributed by atoms with Crippen molar-refractivity contribution in [3.05, 3.63) is 77.4 Å². The van der Waals surface area contributed by atoms with Gasteiger partial charge in [-0.2, -0.15) is 13.2 Å². The molecule has 1 N–H and O–H groups in total. The first kappa shape index (κ1) is 24.7. The molecule has 0 aliphatic carbocycles. The van der Waals surface area contributed by atoms with Crippen LogP contribution >= 0.6 is 0 Å². The van der Waals surface area contributed by atoms with Crippen LogP contribution in [0.15, 0.2) is 54.6 Å². The topological polar surface area (TPSA) is 35.6 Å². The van der Waals surface area contributed by atoms with Crippen LogP contribution in [0.5, 0.6) is 0 Å². The Bertz CT molecular complexity index is 1010. The van der Waals surface area contributed by atoms with E-state index in [1.165, 1.54) is 4.90 Å². The molecule has 1 aliphatic rings. The van der Waals surface area contributed by atoms with Crippen LogP contribution in [-0.4, -0.2) is 55.7 Å². The highest BCUT2D eigenvalue weighted by atomic mass is 19.4. The molecule has 0 unspecified atom stereocenters. The van der Waals surface area contributed by atoms with Crippen LogP contribution in [0.4, 0.5) is 26.7 Å². The van der Waals surface area contributed by atoms with Gasteiger partial charge in [0.25, 0.3) is 0 Å². The van der Waals surface area contributed by atoms with Crippen LogP contribution in [-0.2, 0) is 5.54 Å². The van der Waals surface area contributed by atoms with Crippen LogP contribution in [0.1, 0.15) is 24.0 Å². The number of amides is 2. The highest BCUT2D eigenvalue weighted by molar-refractivity contribution is 5.83. The lowest BCUT2D eigenvalue weighted by molar-refractivity contribution is -0.124. The Hall–Kier alpha value is -2.94. The van der Waals surface area contributed by atoms with Gasteiger partial charge in [-0.1, -0.05) is 30.3 Å². The number of hydrogen-bond donors (Lipinski definition) is 1. The minimum atomic E-state index is -4.32. The molecule has 0 saturated carbocycles. The SMILES string of the molecule is CN(C)C(=O)N1CC(c2cc(F)ccc2F)=C[C@@]1(CCCNCC(F)(F)F)c1ccccc1. The zero-order chi connectivity index (χ0) is 24.2. The Morgan fingerprint density at radius 2 is 1.82 bits per heavy atom. The first-order valence-electron chi connectivity index (χ1n) is 10.5. The zero-order valence-electron chi connectivity index (χ0n) is 18.4. The molecular weight excluding hydrogens is 441 g/mol. The summed E-state index contributed by atoms with van der Waals surface area (Å²) in [5.74, 6) is -1.22. The van der Waals surface area contributed by atoms with Crippen molar-refractivity contribution in [2.45, 2.75) is 24.6 Å². The molecule has 4 nitrogen and oxygen atoms in total. The summed E-state index contributed by atoms with van der Waals surface area (Å²) in [5.41, 5.74) is 0.202. The molecular formula is C24H26F5N3O. The number of alkyl halides is 3. The van der Waals surface area contributed by atoms with Gasteiger partial charge in [0.2, 0.25) is 0 Å². The van der Waals surface area contributed by atoms with Gasteiger partial charge in [0.1, 0.15) is 11.6 Å². The van der Waals surface area contributed by atoms with E-state index in [0.29, 0.717) is 18.4 Å². The number of benzene rings is 2. The molecule has 2 aromatic carbocycles. The minimum absolute atomic E-state index is 0.0300. The molecule has 0 fully saturated rings. The van der Waals surface area contributed by atoms with Crippen molar-refractivity contribution in [2.75, 3.05) is 33.7 Å². The first-order valence-corrected chi connectivity index (χ1v) is 10.5. The zero-order valence-corrected chi connectivity index (χ0v) is 18.4. The Balaban J connectivity index is 2.02. The van der Waals surface area contributed by atoms with E-state index in [2.05, 4.69) is 5.32 Å². The minimum Gasteiger partial charge on any atom is -0.331 e.